The van der Waals surface area contributed by atoms with Gasteiger partial charge in [0.1, 0.15) is 11.5 Å². The molecule has 0 spiro atoms. The van der Waals surface area contributed by atoms with Crippen LogP contribution in [0.1, 0.15) is 27.6 Å². The van der Waals surface area contributed by atoms with E-state index in [9.17, 15) is 9.59 Å². The Hall–Kier alpha value is -3.32. The van der Waals surface area contributed by atoms with E-state index in [1.165, 1.54) is 0 Å². The minimum atomic E-state index is -1.31. The van der Waals surface area contributed by atoms with Crippen molar-refractivity contribution in [2.75, 3.05) is 13.7 Å². The van der Waals surface area contributed by atoms with E-state index in [0.717, 1.165) is 4.47 Å². The van der Waals surface area contributed by atoms with Gasteiger partial charge in [-0.2, -0.15) is 10.2 Å². The van der Waals surface area contributed by atoms with E-state index in [1.54, 1.807) is 67.8 Å². The fraction of sp³-hybridized carbons (Fsp3) is 0.167. The van der Waals surface area contributed by atoms with Gasteiger partial charge in [0.15, 0.2) is 17.6 Å². The van der Waals surface area contributed by atoms with Crippen LogP contribution in [0.15, 0.2) is 87.5 Å². The van der Waals surface area contributed by atoms with Gasteiger partial charge in [-0.05, 0) is 79.7 Å². The summed E-state index contributed by atoms with van der Waals surface area (Å²) in [5.74, 6) is 0.378. The largest absolute Gasteiger partial charge is 0.497 e. The molecule has 3 aromatic carbocycles. The highest BCUT2D eigenvalue weighted by Crippen LogP contribution is 2.21. The van der Waals surface area contributed by atoms with Crippen LogP contribution in [0.2, 0.25) is 0 Å². The van der Waals surface area contributed by atoms with E-state index in [2.05, 4.69) is 26.2 Å². The average molecular weight is 481 g/mol. The van der Waals surface area contributed by atoms with Crippen molar-refractivity contribution in [3.05, 3.63) is 88.4 Å². The number of Topliss-reactive ketones (excluding diaryl/α,β-unsaturated/α-hetero) is 2. The summed E-state index contributed by atoms with van der Waals surface area (Å²) in [5, 5.41) is 8.26. The van der Waals surface area contributed by atoms with Crippen molar-refractivity contribution in [1.29, 1.82) is 0 Å². The van der Waals surface area contributed by atoms with Crippen LogP contribution < -0.4 is 9.47 Å². The number of benzene rings is 3. The molecule has 0 aromatic heterocycles. The predicted molar refractivity (Wildman–Crippen MR) is 122 cm³/mol. The highest BCUT2D eigenvalue weighted by atomic mass is 79.9. The molecule has 1 atom stereocenters. The van der Waals surface area contributed by atoms with Crippen molar-refractivity contribution in [3.8, 4) is 11.5 Å². The van der Waals surface area contributed by atoms with E-state index in [-0.39, 0.29) is 0 Å². The Balaban J connectivity index is 1.92. The molecule has 0 N–H and O–H groups in total. The molecule has 6 nitrogen and oxygen atoms in total. The predicted octanol–water partition coefficient (Wildman–Crippen LogP) is 6.07. The lowest BCUT2D eigenvalue weighted by molar-refractivity contribution is 0.0861. The molecule has 31 heavy (non-hydrogen) atoms. The highest BCUT2D eigenvalue weighted by molar-refractivity contribution is 9.10. The monoisotopic (exact) mass is 480 g/mol. The number of hydrogen-bond acceptors (Lipinski definition) is 6. The number of ketones is 2. The van der Waals surface area contributed by atoms with Crippen molar-refractivity contribution < 1.29 is 19.1 Å². The first-order valence-electron chi connectivity index (χ1n) is 9.63. The van der Waals surface area contributed by atoms with Crippen LogP contribution in [0.4, 0.5) is 5.69 Å². The number of rotatable bonds is 9. The number of methoxy groups -OCH3 is 1. The van der Waals surface area contributed by atoms with Crippen LogP contribution in [0, 0.1) is 0 Å². The van der Waals surface area contributed by atoms with Crippen LogP contribution in [0.25, 0.3) is 0 Å². The zero-order valence-corrected chi connectivity index (χ0v) is 18.7. The van der Waals surface area contributed by atoms with E-state index in [1.807, 2.05) is 19.1 Å². The molecular weight excluding hydrogens is 460 g/mol. The van der Waals surface area contributed by atoms with Crippen molar-refractivity contribution >= 4 is 33.2 Å². The van der Waals surface area contributed by atoms with Gasteiger partial charge >= 0.3 is 0 Å². The Bertz CT molecular complexity index is 1060. The molecule has 0 amide bonds. The molecule has 3 aromatic rings. The number of halogens is 1. The SMILES string of the molecule is CCOc1ccc(C(=O)C(N=Nc2ccc(Br)cc2)C(=O)c2ccc(OC)cc2)cc1. The van der Waals surface area contributed by atoms with E-state index >= 15 is 0 Å². The maximum absolute atomic E-state index is 13.2. The molecule has 0 aliphatic rings. The van der Waals surface area contributed by atoms with Gasteiger partial charge in [-0.3, -0.25) is 9.59 Å². The molecule has 0 aliphatic heterocycles. The van der Waals surface area contributed by atoms with Gasteiger partial charge in [0.2, 0.25) is 0 Å². The highest BCUT2D eigenvalue weighted by Gasteiger charge is 2.29. The zero-order chi connectivity index (χ0) is 22.2. The molecule has 0 radical (unpaired) electrons. The van der Waals surface area contributed by atoms with Crippen LogP contribution in [-0.4, -0.2) is 31.3 Å². The van der Waals surface area contributed by atoms with Crippen LogP contribution in [-0.2, 0) is 0 Å². The lowest BCUT2D eigenvalue weighted by Crippen LogP contribution is -2.28. The zero-order valence-electron chi connectivity index (χ0n) is 17.1. The fourth-order valence-corrected chi connectivity index (χ4v) is 3.07. The van der Waals surface area contributed by atoms with E-state index in [0.29, 0.717) is 34.9 Å². The van der Waals surface area contributed by atoms with Crippen molar-refractivity contribution in [1.82, 2.24) is 0 Å². The summed E-state index contributed by atoms with van der Waals surface area (Å²) in [6, 6.07) is 19.0. The van der Waals surface area contributed by atoms with Crippen molar-refractivity contribution in [2.45, 2.75) is 13.0 Å². The number of ether oxygens (including phenoxy) is 2. The van der Waals surface area contributed by atoms with Crippen molar-refractivity contribution in [2.24, 2.45) is 10.2 Å². The molecule has 1 unspecified atom stereocenters. The summed E-state index contributed by atoms with van der Waals surface area (Å²) in [6.07, 6.45) is 0. The Morgan fingerprint density at radius 1 is 0.839 bits per heavy atom. The van der Waals surface area contributed by atoms with E-state index in [4.69, 9.17) is 9.47 Å². The minimum Gasteiger partial charge on any atom is -0.497 e. The standard InChI is InChI=1S/C24H21BrN2O4/c1-3-31-21-14-6-17(7-15-21)24(29)22(27-26-19-10-8-18(25)9-11-19)23(28)16-4-12-20(30-2)13-5-16/h4-15,22H,3H2,1-2H3. The second kappa shape index (κ2) is 10.6. The number of nitrogens with zero attached hydrogens (tertiary/aromatic N) is 2. The second-order valence-electron chi connectivity index (χ2n) is 6.51. The van der Waals surface area contributed by atoms with Crippen LogP contribution in [0.5, 0.6) is 11.5 Å². The summed E-state index contributed by atoms with van der Waals surface area (Å²) in [5.41, 5.74) is 1.24. The molecule has 0 saturated heterocycles. The summed E-state index contributed by atoms with van der Waals surface area (Å²) in [6.45, 7) is 2.40. The molecule has 0 fully saturated rings. The quantitative estimate of drug-likeness (QED) is 0.211. The molecule has 3 rings (SSSR count). The Kier molecular flexibility index (Phi) is 7.67. The molecule has 158 valence electrons. The Morgan fingerprint density at radius 2 is 1.35 bits per heavy atom. The Morgan fingerprint density at radius 3 is 1.84 bits per heavy atom. The number of carbonyl (C=O) groups excluding carboxylic acids is 2. The summed E-state index contributed by atoms with van der Waals surface area (Å²) >= 11 is 3.36. The molecule has 7 heteroatoms. The van der Waals surface area contributed by atoms with Gasteiger partial charge in [-0.1, -0.05) is 15.9 Å². The van der Waals surface area contributed by atoms with Crippen LogP contribution in [0.3, 0.4) is 0 Å². The Labute approximate surface area is 189 Å². The average Bonchev–Trinajstić information content (AvgIpc) is 2.81. The lowest BCUT2D eigenvalue weighted by Gasteiger charge is -2.11. The lowest BCUT2D eigenvalue weighted by atomic mass is 9.97. The van der Waals surface area contributed by atoms with Gasteiger partial charge in [-0.25, -0.2) is 0 Å². The molecular formula is C24H21BrN2O4. The topological polar surface area (TPSA) is 77.3 Å². The van der Waals surface area contributed by atoms with Crippen molar-refractivity contribution in [3.63, 3.8) is 0 Å². The third-order valence-corrected chi connectivity index (χ3v) is 4.97. The van der Waals surface area contributed by atoms with Gasteiger partial charge in [0, 0.05) is 15.6 Å². The summed E-state index contributed by atoms with van der Waals surface area (Å²) < 4.78 is 11.4. The maximum atomic E-state index is 13.2. The molecule has 0 aliphatic carbocycles. The smallest absolute Gasteiger partial charge is 0.197 e. The molecule has 0 saturated carbocycles. The minimum absolute atomic E-state index is 0.347. The summed E-state index contributed by atoms with van der Waals surface area (Å²) in [7, 11) is 1.54. The summed E-state index contributed by atoms with van der Waals surface area (Å²) in [4.78, 5) is 26.3. The van der Waals surface area contributed by atoms with Gasteiger partial charge in [0.05, 0.1) is 19.4 Å². The molecule has 0 heterocycles. The third kappa shape index (κ3) is 5.86. The third-order valence-electron chi connectivity index (χ3n) is 4.44. The van der Waals surface area contributed by atoms with Gasteiger partial charge in [0.25, 0.3) is 0 Å². The normalized spacial score (nSPS) is 11.8. The molecule has 0 bridgehead atoms. The second-order valence-corrected chi connectivity index (χ2v) is 7.42. The van der Waals surface area contributed by atoms with E-state index < -0.39 is 17.6 Å². The fourth-order valence-electron chi connectivity index (χ4n) is 2.81. The maximum Gasteiger partial charge on any atom is 0.197 e. The van der Waals surface area contributed by atoms with Crippen LogP contribution >= 0.6 is 15.9 Å². The number of carbonyl (C=O) groups is 2. The first kappa shape index (κ1) is 22.4. The van der Waals surface area contributed by atoms with Gasteiger partial charge < -0.3 is 9.47 Å². The first-order chi connectivity index (χ1) is 15.0. The van der Waals surface area contributed by atoms with Gasteiger partial charge in [-0.15, -0.1) is 0 Å². The number of azo groups is 1. The number of hydrogen-bond donors (Lipinski definition) is 0. The first-order valence-corrected chi connectivity index (χ1v) is 10.4.